The van der Waals surface area contributed by atoms with Gasteiger partial charge in [0.1, 0.15) is 0 Å². The van der Waals surface area contributed by atoms with Crippen LogP contribution >= 0.6 is 11.6 Å². The normalized spacial score (nSPS) is 18.8. The topological polar surface area (TPSA) is 154 Å². The van der Waals surface area contributed by atoms with E-state index in [1.54, 1.807) is 4.90 Å². The first-order valence-electron chi connectivity index (χ1n) is 12.9. The number of piperazine rings is 1. The molecule has 0 unspecified atom stereocenters. The zero-order valence-electron chi connectivity index (χ0n) is 21.7. The van der Waals surface area contributed by atoms with E-state index in [1.807, 2.05) is 4.90 Å². The average molecular weight is 567 g/mol. The number of nitrogen functional groups attached to an aromatic ring is 2. The lowest BCUT2D eigenvalue weighted by molar-refractivity contribution is 0.0491. The molecule has 4 rings (SSSR count). The molecule has 1 aromatic heterocycles. The van der Waals surface area contributed by atoms with E-state index in [2.05, 4.69) is 27.1 Å². The molecule has 14 heteroatoms. The van der Waals surface area contributed by atoms with E-state index in [0.717, 1.165) is 37.9 Å². The SMILES string of the molecule is CC[C@H]1CN(c2nc(N)c(C(=O)NCCO)nc2Cl)CCN1C1CCN(C(=O)c2cc(F)c(F)cc2N)CC1. The molecule has 2 saturated heterocycles. The molecule has 2 aliphatic heterocycles. The number of benzene rings is 1. The summed E-state index contributed by atoms with van der Waals surface area (Å²) in [6, 6.07) is 2.12. The number of aliphatic hydroxyl groups excluding tert-OH is 1. The zero-order chi connectivity index (χ0) is 28.3. The van der Waals surface area contributed by atoms with Crippen LogP contribution in [-0.2, 0) is 0 Å². The lowest BCUT2D eigenvalue weighted by atomic mass is 9.97. The number of piperidine rings is 1. The molecular weight excluding hydrogens is 534 g/mol. The fourth-order valence-electron chi connectivity index (χ4n) is 5.26. The van der Waals surface area contributed by atoms with Crippen LogP contribution in [0, 0.1) is 11.6 Å². The van der Waals surface area contributed by atoms with Gasteiger partial charge in [0.25, 0.3) is 11.8 Å². The van der Waals surface area contributed by atoms with Crippen LogP contribution in [0.5, 0.6) is 0 Å². The predicted octanol–water partition coefficient (Wildman–Crippen LogP) is 1.50. The fraction of sp³-hybridized carbons (Fsp3) is 0.520. The van der Waals surface area contributed by atoms with E-state index < -0.39 is 23.4 Å². The molecule has 2 aromatic rings. The number of rotatable bonds is 7. The van der Waals surface area contributed by atoms with Crippen molar-refractivity contribution >= 4 is 40.7 Å². The first-order valence-corrected chi connectivity index (χ1v) is 13.3. The summed E-state index contributed by atoms with van der Waals surface area (Å²) < 4.78 is 27.1. The number of carbonyl (C=O) groups excluding carboxylic acids is 2. The van der Waals surface area contributed by atoms with Crippen LogP contribution in [0.2, 0.25) is 5.15 Å². The van der Waals surface area contributed by atoms with Crippen molar-refractivity contribution in [2.24, 2.45) is 0 Å². The minimum Gasteiger partial charge on any atom is -0.398 e. The van der Waals surface area contributed by atoms with Crippen molar-refractivity contribution in [1.29, 1.82) is 0 Å². The monoisotopic (exact) mass is 566 g/mol. The molecule has 1 aromatic carbocycles. The molecule has 3 heterocycles. The summed E-state index contributed by atoms with van der Waals surface area (Å²) >= 11 is 6.41. The van der Waals surface area contributed by atoms with E-state index >= 15 is 0 Å². The highest BCUT2D eigenvalue weighted by Crippen LogP contribution is 2.30. The van der Waals surface area contributed by atoms with Gasteiger partial charge in [0, 0.05) is 63.1 Å². The Kier molecular flexibility index (Phi) is 9.03. The number of nitrogens with zero attached hydrogens (tertiary/aromatic N) is 5. The number of amides is 2. The Hall–Kier alpha value is -3.29. The third-order valence-corrected chi connectivity index (χ3v) is 7.57. The largest absolute Gasteiger partial charge is 0.398 e. The minimum atomic E-state index is -1.10. The highest BCUT2D eigenvalue weighted by molar-refractivity contribution is 6.32. The molecule has 2 amide bonds. The standard InChI is InChI=1S/C25H33ClF2N8O3/c1-2-14-13-35(23-21(26)32-20(22(30)33-23)24(38)31-5-10-37)8-9-36(14)15-3-6-34(7-4-15)25(39)16-11-17(27)18(28)12-19(16)29/h11-12,14-15,37H,2-10,13,29H2,1H3,(H2,30,33)(H,31,38)/t14-/m0/s1. The van der Waals surface area contributed by atoms with Crippen LogP contribution in [0.1, 0.15) is 47.0 Å². The average Bonchev–Trinajstić information content (AvgIpc) is 2.94. The van der Waals surface area contributed by atoms with Crippen LogP contribution in [0.15, 0.2) is 12.1 Å². The zero-order valence-corrected chi connectivity index (χ0v) is 22.4. The van der Waals surface area contributed by atoms with Crippen molar-refractivity contribution < 1.29 is 23.5 Å². The smallest absolute Gasteiger partial charge is 0.273 e. The number of hydrogen-bond donors (Lipinski definition) is 4. The van der Waals surface area contributed by atoms with Gasteiger partial charge in [0.2, 0.25) is 0 Å². The quantitative estimate of drug-likeness (QED) is 0.365. The van der Waals surface area contributed by atoms with Gasteiger partial charge in [-0.3, -0.25) is 14.5 Å². The second kappa shape index (κ2) is 12.3. The van der Waals surface area contributed by atoms with Gasteiger partial charge in [-0.05, 0) is 25.3 Å². The number of hydrogen-bond acceptors (Lipinski definition) is 9. The van der Waals surface area contributed by atoms with Crippen molar-refractivity contribution in [3.05, 3.63) is 40.2 Å². The van der Waals surface area contributed by atoms with Crippen molar-refractivity contribution in [1.82, 2.24) is 25.1 Å². The summed E-state index contributed by atoms with van der Waals surface area (Å²) in [6.45, 7) is 4.87. The van der Waals surface area contributed by atoms with Gasteiger partial charge in [-0.25, -0.2) is 18.7 Å². The first-order chi connectivity index (χ1) is 18.6. The highest BCUT2D eigenvalue weighted by atomic mass is 35.5. The number of carbonyl (C=O) groups is 2. The third kappa shape index (κ3) is 6.15. The number of nitrogens with one attached hydrogen (secondary N) is 1. The van der Waals surface area contributed by atoms with Crippen molar-refractivity contribution in [3.8, 4) is 0 Å². The molecule has 0 saturated carbocycles. The number of aliphatic hydroxyl groups is 1. The summed E-state index contributed by atoms with van der Waals surface area (Å²) in [5, 5.41) is 11.5. The van der Waals surface area contributed by atoms with Gasteiger partial charge in [-0.2, -0.15) is 0 Å². The second-order valence-corrected chi connectivity index (χ2v) is 10.0. The number of likely N-dealkylation sites (tertiary alicyclic amines) is 1. The fourth-order valence-corrected chi connectivity index (χ4v) is 5.51. The summed E-state index contributed by atoms with van der Waals surface area (Å²) in [5.41, 5.74) is 11.6. The maximum Gasteiger partial charge on any atom is 0.273 e. The molecular formula is C25H33ClF2N8O3. The van der Waals surface area contributed by atoms with Gasteiger partial charge < -0.3 is 31.7 Å². The second-order valence-electron chi connectivity index (χ2n) is 9.67. The molecule has 2 fully saturated rings. The summed E-state index contributed by atoms with van der Waals surface area (Å²) in [4.78, 5) is 39.8. The lowest BCUT2D eigenvalue weighted by Gasteiger charge is -2.47. The van der Waals surface area contributed by atoms with Crippen molar-refractivity contribution in [2.75, 3.05) is 62.2 Å². The van der Waals surface area contributed by atoms with Gasteiger partial charge in [-0.15, -0.1) is 0 Å². The maximum absolute atomic E-state index is 13.7. The summed E-state index contributed by atoms with van der Waals surface area (Å²) in [5.74, 6) is -2.77. The molecule has 6 N–H and O–H groups in total. The highest BCUT2D eigenvalue weighted by Gasteiger charge is 2.35. The van der Waals surface area contributed by atoms with Crippen molar-refractivity contribution in [2.45, 2.75) is 38.3 Å². The summed E-state index contributed by atoms with van der Waals surface area (Å²) in [7, 11) is 0. The number of anilines is 3. The van der Waals surface area contributed by atoms with Gasteiger partial charge in [-0.1, -0.05) is 18.5 Å². The first kappa shape index (κ1) is 28.7. The predicted molar refractivity (Wildman–Crippen MR) is 144 cm³/mol. The Bertz CT molecular complexity index is 1230. The molecule has 0 radical (unpaired) electrons. The van der Waals surface area contributed by atoms with Gasteiger partial charge >= 0.3 is 0 Å². The molecule has 0 spiro atoms. The van der Waals surface area contributed by atoms with Gasteiger partial charge in [0.15, 0.2) is 34.1 Å². The van der Waals surface area contributed by atoms with Crippen LogP contribution < -0.4 is 21.7 Å². The van der Waals surface area contributed by atoms with E-state index in [9.17, 15) is 18.4 Å². The van der Waals surface area contributed by atoms with Crippen LogP contribution in [0.4, 0.5) is 26.1 Å². The molecule has 0 bridgehead atoms. The number of halogens is 3. The molecule has 1 atom stereocenters. The van der Waals surface area contributed by atoms with Crippen molar-refractivity contribution in [3.63, 3.8) is 0 Å². The van der Waals surface area contributed by atoms with Crippen LogP contribution in [0.25, 0.3) is 0 Å². The van der Waals surface area contributed by atoms with Crippen LogP contribution in [0.3, 0.4) is 0 Å². The van der Waals surface area contributed by atoms with E-state index in [-0.39, 0.29) is 53.2 Å². The minimum absolute atomic E-state index is 0.0263. The molecule has 39 heavy (non-hydrogen) atoms. The number of aromatic nitrogens is 2. The number of nitrogens with two attached hydrogens (primary N) is 2. The Morgan fingerprint density at radius 3 is 2.49 bits per heavy atom. The maximum atomic E-state index is 13.7. The third-order valence-electron chi connectivity index (χ3n) is 7.32. The molecule has 212 valence electrons. The Morgan fingerprint density at radius 1 is 1.13 bits per heavy atom. The van der Waals surface area contributed by atoms with Crippen LogP contribution in [-0.4, -0.2) is 94.6 Å². The van der Waals surface area contributed by atoms with E-state index in [1.165, 1.54) is 0 Å². The van der Waals surface area contributed by atoms with Gasteiger partial charge in [0.05, 0.1) is 12.2 Å². The summed E-state index contributed by atoms with van der Waals surface area (Å²) in [6.07, 6.45) is 2.33. The Labute approximate surface area is 230 Å². The molecule has 0 aliphatic carbocycles. The van der Waals surface area contributed by atoms with E-state index in [4.69, 9.17) is 28.2 Å². The lowest BCUT2D eigenvalue weighted by Crippen LogP contribution is -2.58. The molecule has 11 nitrogen and oxygen atoms in total. The Balaban J connectivity index is 1.39. The Morgan fingerprint density at radius 2 is 1.82 bits per heavy atom. The molecule has 2 aliphatic rings. The van der Waals surface area contributed by atoms with E-state index in [0.29, 0.717) is 32.0 Å².